The molecule has 0 bridgehead atoms. The third-order valence-corrected chi connectivity index (χ3v) is 9.42. The van der Waals surface area contributed by atoms with Crippen LogP contribution in [0.4, 0.5) is 5.69 Å². The first kappa shape index (κ1) is 23.3. The fourth-order valence-corrected chi connectivity index (χ4v) is 6.39. The summed E-state index contributed by atoms with van der Waals surface area (Å²) in [5.41, 5.74) is 0.354. The second kappa shape index (κ2) is 9.03. The standard InChI is InChI=1S/C20H25N3O6S2/c1-16(17-7-6-8-18(15-17)23(24)25)21(2)30(26,27)19-9-11-20(12-10-19)31(28,29)22-13-4-3-5-14-22/h6-12,15-16H,3-5,13-14H2,1-2H3. The Kier molecular flexibility index (Phi) is 6.79. The summed E-state index contributed by atoms with van der Waals surface area (Å²) in [6.07, 6.45) is 2.62. The lowest BCUT2D eigenvalue weighted by Crippen LogP contribution is -2.35. The zero-order chi connectivity index (χ0) is 22.8. The van der Waals surface area contributed by atoms with Crippen LogP contribution in [-0.2, 0) is 20.0 Å². The summed E-state index contributed by atoms with van der Waals surface area (Å²) in [4.78, 5) is 10.5. The summed E-state index contributed by atoms with van der Waals surface area (Å²) < 4.78 is 54.2. The lowest BCUT2D eigenvalue weighted by molar-refractivity contribution is -0.384. The topological polar surface area (TPSA) is 118 Å². The minimum absolute atomic E-state index is 0.0510. The maximum Gasteiger partial charge on any atom is 0.269 e. The van der Waals surface area contributed by atoms with Gasteiger partial charge in [-0.15, -0.1) is 0 Å². The number of hydrogen-bond donors (Lipinski definition) is 0. The molecule has 0 saturated carbocycles. The Balaban J connectivity index is 1.84. The largest absolute Gasteiger partial charge is 0.269 e. The van der Waals surface area contributed by atoms with Gasteiger partial charge in [0, 0.05) is 38.3 Å². The normalized spacial score (nSPS) is 16.9. The Bertz CT molecular complexity index is 1160. The summed E-state index contributed by atoms with van der Waals surface area (Å²) in [7, 11) is -6.22. The van der Waals surface area contributed by atoms with Gasteiger partial charge in [0.2, 0.25) is 20.0 Å². The van der Waals surface area contributed by atoms with Crippen molar-refractivity contribution >= 4 is 25.7 Å². The van der Waals surface area contributed by atoms with E-state index in [0.29, 0.717) is 18.7 Å². The predicted molar refractivity (Wildman–Crippen MR) is 116 cm³/mol. The molecule has 0 radical (unpaired) electrons. The summed E-state index contributed by atoms with van der Waals surface area (Å²) in [6.45, 7) is 2.56. The van der Waals surface area contributed by atoms with E-state index in [1.54, 1.807) is 13.0 Å². The lowest BCUT2D eigenvalue weighted by Gasteiger charge is -2.26. The summed E-state index contributed by atoms with van der Waals surface area (Å²) in [6, 6.07) is 10.3. The van der Waals surface area contributed by atoms with Gasteiger partial charge in [-0.1, -0.05) is 18.6 Å². The highest BCUT2D eigenvalue weighted by atomic mass is 32.2. The van der Waals surface area contributed by atoms with Crippen LogP contribution in [0.1, 0.15) is 37.8 Å². The second-order valence-electron chi connectivity index (χ2n) is 7.49. The van der Waals surface area contributed by atoms with Crippen LogP contribution >= 0.6 is 0 Å². The molecule has 1 unspecified atom stereocenters. The SMILES string of the molecule is CC(c1cccc([N+](=O)[O-])c1)N(C)S(=O)(=O)c1ccc(S(=O)(=O)N2CCCCC2)cc1. The second-order valence-corrected chi connectivity index (χ2v) is 11.4. The van der Waals surface area contributed by atoms with Gasteiger partial charge in [0.05, 0.1) is 14.7 Å². The van der Waals surface area contributed by atoms with E-state index in [-0.39, 0.29) is 15.5 Å². The van der Waals surface area contributed by atoms with Crippen LogP contribution in [0.3, 0.4) is 0 Å². The highest BCUT2D eigenvalue weighted by molar-refractivity contribution is 7.89. The van der Waals surface area contributed by atoms with Crippen LogP contribution in [0.2, 0.25) is 0 Å². The van der Waals surface area contributed by atoms with Gasteiger partial charge in [0.1, 0.15) is 0 Å². The van der Waals surface area contributed by atoms with Crippen molar-refractivity contribution in [2.45, 2.75) is 42.0 Å². The van der Waals surface area contributed by atoms with Crippen LogP contribution < -0.4 is 0 Å². The molecule has 0 N–H and O–H groups in total. The molecule has 1 saturated heterocycles. The fraction of sp³-hybridized carbons (Fsp3) is 0.400. The highest BCUT2D eigenvalue weighted by Gasteiger charge is 2.29. The number of benzene rings is 2. The Morgan fingerprint density at radius 1 is 0.968 bits per heavy atom. The Morgan fingerprint density at radius 2 is 1.55 bits per heavy atom. The summed E-state index contributed by atoms with van der Waals surface area (Å²) >= 11 is 0. The van der Waals surface area contributed by atoms with Gasteiger partial charge in [0.25, 0.3) is 5.69 Å². The minimum Gasteiger partial charge on any atom is -0.258 e. The molecule has 0 aliphatic carbocycles. The van der Waals surface area contributed by atoms with Crippen LogP contribution in [0.15, 0.2) is 58.3 Å². The van der Waals surface area contributed by atoms with Crippen molar-refractivity contribution < 1.29 is 21.8 Å². The fourth-order valence-electron chi connectivity index (χ4n) is 3.52. The van der Waals surface area contributed by atoms with E-state index < -0.39 is 31.0 Å². The molecule has 168 valence electrons. The first-order valence-corrected chi connectivity index (χ1v) is 12.8. The monoisotopic (exact) mass is 467 g/mol. The van der Waals surface area contributed by atoms with Gasteiger partial charge in [-0.3, -0.25) is 10.1 Å². The minimum atomic E-state index is -3.95. The first-order chi connectivity index (χ1) is 14.5. The number of non-ortho nitro benzene ring substituents is 1. The molecule has 1 aliphatic rings. The molecule has 31 heavy (non-hydrogen) atoms. The van der Waals surface area contributed by atoms with E-state index in [1.165, 1.54) is 53.8 Å². The van der Waals surface area contributed by atoms with Crippen LogP contribution in [0.25, 0.3) is 0 Å². The number of hydrogen-bond acceptors (Lipinski definition) is 6. The molecular weight excluding hydrogens is 442 g/mol. The Morgan fingerprint density at radius 3 is 2.13 bits per heavy atom. The van der Waals surface area contributed by atoms with Crippen molar-refractivity contribution in [1.29, 1.82) is 0 Å². The van der Waals surface area contributed by atoms with E-state index in [9.17, 15) is 26.9 Å². The smallest absolute Gasteiger partial charge is 0.258 e. The van der Waals surface area contributed by atoms with Crippen LogP contribution in [0, 0.1) is 10.1 Å². The lowest BCUT2D eigenvalue weighted by atomic mass is 10.1. The summed E-state index contributed by atoms with van der Waals surface area (Å²) in [5, 5.41) is 11.0. The maximum absolute atomic E-state index is 13.1. The number of rotatable bonds is 7. The molecule has 0 aromatic heterocycles. The van der Waals surface area contributed by atoms with Crippen molar-refractivity contribution in [3.05, 3.63) is 64.2 Å². The van der Waals surface area contributed by atoms with Gasteiger partial charge in [-0.05, 0) is 49.6 Å². The molecule has 0 spiro atoms. The molecule has 0 amide bonds. The highest BCUT2D eigenvalue weighted by Crippen LogP contribution is 2.29. The first-order valence-electron chi connectivity index (χ1n) is 9.88. The number of piperidine rings is 1. The van der Waals surface area contributed by atoms with Gasteiger partial charge >= 0.3 is 0 Å². The number of sulfonamides is 2. The molecule has 1 atom stereocenters. The molecule has 2 aromatic carbocycles. The van der Waals surface area contributed by atoms with Crippen LogP contribution in [0.5, 0.6) is 0 Å². The summed E-state index contributed by atoms with van der Waals surface area (Å²) in [5.74, 6) is 0. The molecule has 2 aromatic rings. The molecule has 3 rings (SSSR count). The molecule has 1 fully saturated rings. The van der Waals surface area contributed by atoms with Crippen molar-refractivity contribution in [3.63, 3.8) is 0 Å². The van der Waals surface area contributed by atoms with Crippen molar-refractivity contribution in [1.82, 2.24) is 8.61 Å². The zero-order valence-electron chi connectivity index (χ0n) is 17.3. The zero-order valence-corrected chi connectivity index (χ0v) is 19.0. The van der Waals surface area contributed by atoms with Crippen LogP contribution in [-0.4, -0.2) is 50.5 Å². The maximum atomic E-state index is 13.1. The number of nitro benzene ring substituents is 1. The van der Waals surface area contributed by atoms with Crippen molar-refractivity contribution in [3.8, 4) is 0 Å². The van der Waals surface area contributed by atoms with Gasteiger partial charge in [-0.2, -0.15) is 8.61 Å². The molecular formula is C20H25N3O6S2. The quantitative estimate of drug-likeness (QED) is 0.456. The van der Waals surface area contributed by atoms with Crippen molar-refractivity contribution in [2.24, 2.45) is 0 Å². The average Bonchev–Trinajstić information content (AvgIpc) is 2.78. The van der Waals surface area contributed by atoms with Gasteiger partial charge in [0.15, 0.2) is 0 Å². The third-order valence-electron chi connectivity index (χ3n) is 5.56. The average molecular weight is 468 g/mol. The van der Waals surface area contributed by atoms with Crippen molar-refractivity contribution in [2.75, 3.05) is 20.1 Å². The number of nitrogens with zero attached hydrogens (tertiary/aromatic N) is 3. The molecule has 11 heteroatoms. The third kappa shape index (κ3) is 4.79. The van der Waals surface area contributed by atoms with E-state index in [0.717, 1.165) is 23.6 Å². The Labute approximate surface area is 182 Å². The van der Waals surface area contributed by atoms with Gasteiger partial charge in [-0.25, -0.2) is 16.8 Å². The molecule has 1 heterocycles. The number of nitro groups is 1. The predicted octanol–water partition coefficient (Wildman–Crippen LogP) is 3.15. The van der Waals surface area contributed by atoms with Gasteiger partial charge < -0.3 is 0 Å². The van der Waals surface area contributed by atoms with E-state index in [2.05, 4.69) is 0 Å². The van der Waals surface area contributed by atoms with E-state index >= 15 is 0 Å². The Hall–Kier alpha value is -2.34. The van der Waals surface area contributed by atoms with E-state index in [4.69, 9.17) is 0 Å². The molecule has 9 nitrogen and oxygen atoms in total. The van der Waals surface area contributed by atoms with E-state index in [1.807, 2.05) is 0 Å². The molecule has 1 aliphatic heterocycles.